The lowest BCUT2D eigenvalue weighted by molar-refractivity contribution is 0.0676. The van der Waals surface area contributed by atoms with E-state index >= 15 is 0 Å². The van der Waals surface area contributed by atoms with Gasteiger partial charge in [-0.1, -0.05) is 11.6 Å². The Hall–Kier alpha value is -1.18. The fourth-order valence-electron chi connectivity index (χ4n) is 2.40. The Morgan fingerprint density at radius 2 is 2.33 bits per heavy atom. The molecule has 1 aromatic heterocycles. The number of hydrogen-bond acceptors (Lipinski definition) is 4. The number of pyridine rings is 1. The van der Waals surface area contributed by atoms with E-state index in [9.17, 15) is 13.2 Å². The van der Waals surface area contributed by atoms with Crippen LogP contribution in [0.25, 0.3) is 0 Å². The summed E-state index contributed by atoms with van der Waals surface area (Å²) >= 11 is 5.95. The first-order valence-corrected chi connectivity index (χ1v) is 8.98. The van der Waals surface area contributed by atoms with Crippen molar-refractivity contribution < 1.29 is 13.2 Å². The zero-order chi connectivity index (χ0) is 15.5. The molecule has 0 spiro atoms. The molecule has 1 aliphatic rings. The number of nitrogens with one attached hydrogen (secondary N) is 1. The molecular formula is C13H18ClN3O3S. The van der Waals surface area contributed by atoms with Gasteiger partial charge in [0.2, 0.25) is 10.0 Å². The number of carbonyl (C=O) groups is 1. The molecule has 21 heavy (non-hydrogen) atoms. The van der Waals surface area contributed by atoms with E-state index in [1.807, 2.05) is 0 Å². The lowest BCUT2D eigenvalue weighted by atomic mass is 9.98. The minimum absolute atomic E-state index is 0.118. The van der Waals surface area contributed by atoms with Crippen molar-refractivity contribution in [2.45, 2.75) is 12.8 Å². The normalized spacial score (nSPS) is 19.5. The Morgan fingerprint density at radius 1 is 1.57 bits per heavy atom. The Kier molecular flexibility index (Phi) is 5.18. The standard InChI is InChI=1S/C13H18ClN3O3S/c1-21(19,20)16-8-10-4-3-7-17(9-10)13(18)11-5-2-6-15-12(11)14/h2,5-6,10,16H,3-4,7-9H2,1H3. The molecule has 1 aromatic rings. The van der Waals surface area contributed by atoms with Gasteiger partial charge in [0, 0.05) is 25.8 Å². The highest BCUT2D eigenvalue weighted by Gasteiger charge is 2.26. The minimum atomic E-state index is -3.20. The van der Waals surface area contributed by atoms with Crippen LogP contribution in [0.2, 0.25) is 5.15 Å². The third kappa shape index (κ3) is 4.66. The van der Waals surface area contributed by atoms with Crippen molar-refractivity contribution in [3.8, 4) is 0 Å². The molecule has 1 amide bonds. The van der Waals surface area contributed by atoms with Crippen LogP contribution in [-0.2, 0) is 10.0 Å². The number of aromatic nitrogens is 1. The summed E-state index contributed by atoms with van der Waals surface area (Å²) in [4.78, 5) is 18.0. The zero-order valence-corrected chi connectivity index (χ0v) is 13.3. The molecule has 2 heterocycles. The average molecular weight is 332 g/mol. The molecule has 0 saturated carbocycles. The molecule has 1 atom stereocenters. The molecule has 1 fully saturated rings. The van der Waals surface area contributed by atoms with Crippen molar-refractivity contribution in [1.82, 2.24) is 14.6 Å². The number of amides is 1. The van der Waals surface area contributed by atoms with Crippen LogP contribution >= 0.6 is 11.6 Å². The number of likely N-dealkylation sites (tertiary alicyclic amines) is 1. The predicted molar refractivity (Wildman–Crippen MR) is 80.7 cm³/mol. The van der Waals surface area contributed by atoms with Crippen LogP contribution in [0, 0.1) is 5.92 Å². The van der Waals surface area contributed by atoms with Gasteiger partial charge in [-0.3, -0.25) is 4.79 Å². The van der Waals surface area contributed by atoms with Crippen molar-refractivity contribution in [3.63, 3.8) is 0 Å². The van der Waals surface area contributed by atoms with E-state index in [0.717, 1.165) is 19.1 Å². The lowest BCUT2D eigenvalue weighted by Crippen LogP contribution is -2.43. The minimum Gasteiger partial charge on any atom is -0.338 e. The summed E-state index contributed by atoms with van der Waals surface area (Å²) in [6, 6.07) is 3.32. The van der Waals surface area contributed by atoms with Crippen LogP contribution in [0.15, 0.2) is 18.3 Å². The second kappa shape index (κ2) is 6.72. The molecule has 1 unspecified atom stereocenters. The largest absolute Gasteiger partial charge is 0.338 e. The fourth-order valence-corrected chi connectivity index (χ4v) is 3.14. The van der Waals surface area contributed by atoms with Crippen molar-refractivity contribution >= 4 is 27.5 Å². The molecular weight excluding hydrogens is 314 g/mol. The third-order valence-electron chi connectivity index (χ3n) is 3.43. The molecule has 2 rings (SSSR count). The van der Waals surface area contributed by atoms with Gasteiger partial charge in [-0.15, -0.1) is 0 Å². The third-order valence-corrected chi connectivity index (χ3v) is 4.42. The second-order valence-corrected chi connectivity index (χ2v) is 7.41. The van der Waals surface area contributed by atoms with Gasteiger partial charge in [0.15, 0.2) is 0 Å². The predicted octanol–water partition coefficient (Wildman–Crippen LogP) is 1.14. The maximum absolute atomic E-state index is 12.4. The number of carbonyl (C=O) groups excluding carboxylic acids is 1. The Bertz CT molecular complexity index is 621. The van der Waals surface area contributed by atoms with E-state index in [1.54, 1.807) is 17.0 Å². The molecule has 1 aliphatic heterocycles. The van der Waals surface area contributed by atoms with Crippen LogP contribution in [-0.4, -0.2) is 50.1 Å². The van der Waals surface area contributed by atoms with Crippen molar-refractivity contribution in [3.05, 3.63) is 29.0 Å². The second-order valence-electron chi connectivity index (χ2n) is 5.22. The molecule has 1 N–H and O–H groups in total. The zero-order valence-electron chi connectivity index (χ0n) is 11.8. The number of piperidine rings is 1. The maximum atomic E-state index is 12.4. The van der Waals surface area contributed by atoms with E-state index < -0.39 is 10.0 Å². The van der Waals surface area contributed by atoms with Crippen LogP contribution in [0.3, 0.4) is 0 Å². The number of halogens is 1. The first-order valence-electron chi connectivity index (χ1n) is 6.71. The van der Waals surface area contributed by atoms with E-state index in [4.69, 9.17) is 11.6 Å². The fraction of sp³-hybridized carbons (Fsp3) is 0.538. The van der Waals surface area contributed by atoms with E-state index in [2.05, 4.69) is 9.71 Å². The molecule has 6 nitrogen and oxygen atoms in total. The molecule has 0 aliphatic carbocycles. The van der Waals surface area contributed by atoms with Crippen LogP contribution < -0.4 is 4.72 Å². The summed E-state index contributed by atoms with van der Waals surface area (Å²) in [5.41, 5.74) is 0.385. The van der Waals surface area contributed by atoms with Crippen LogP contribution in [0.4, 0.5) is 0 Å². The number of nitrogens with zero attached hydrogens (tertiary/aromatic N) is 2. The molecule has 116 valence electrons. The van der Waals surface area contributed by atoms with E-state index in [0.29, 0.717) is 25.2 Å². The SMILES string of the molecule is CS(=O)(=O)NCC1CCCN(C(=O)c2cccnc2Cl)C1. The topological polar surface area (TPSA) is 79.4 Å². The molecule has 0 bridgehead atoms. The highest BCUT2D eigenvalue weighted by molar-refractivity contribution is 7.88. The van der Waals surface area contributed by atoms with E-state index in [-0.39, 0.29) is 17.0 Å². The summed E-state index contributed by atoms with van der Waals surface area (Å²) in [7, 11) is -3.20. The number of hydrogen-bond donors (Lipinski definition) is 1. The van der Waals surface area contributed by atoms with Gasteiger partial charge in [-0.2, -0.15) is 0 Å². The first kappa shape index (κ1) is 16.2. The maximum Gasteiger partial charge on any atom is 0.256 e. The van der Waals surface area contributed by atoms with Gasteiger partial charge in [0.25, 0.3) is 5.91 Å². The molecule has 0 aromatic carbocycles. The lowest BCUT2D eigenvalue weighted by Gasteiger charge is -2.32. The highest BCUT2D eigenvalue weighted by Crippen LogP contribution is 2.20. The summed E-state index contributed by atoms with van der Waals surface area (Å²) in [5, 5.41) is 0.193. The first-order chi connectivity index (χ1) is 9.87. The van der Waals surface area contributed by atoms with Crippen LogP contribution in [0.1, 0.15) is 23.2 Å². The molecule has 0 radical (unpaired) electrons. The van der Waals surface area contributed by atoms with Gasteiger partial charge in [0.1, 0.15) is 5.15 Å². The van der Waals surface area contributed by atoms with E-state index in [1.165, 1.54) is 6.20 Å². The number of rotatable bonds is 4. The van der Waals surface area contributed by atoms with Crippen molar-refractivity contribution in [2.75, 3.05) is 25.9 Å². The van der Waals surface area contributed by atoms with Crippen LogP contribution in [0.5, 0.6) is 0 Å². The summed E-state index contributed by atoms with van der Waals surface area (Å²) in [6.07, 6.45) is 4.41. The van der Waals surface area contributed by atoms with Crippen molar-refractivity contribution in [2.24, 2.45) is 5.92 Å². The van der Waals surface area contributed by atoms with Gasteiger partial charge < -0.3 is 4.90 Å². The Labute approximate surface area is 129 Å². The monoisotopic (exact) mass is 331 g/mol. The summed E-state index contributed by atoms with van der Waals surface area (Å²) in [6.45, 7) is 1.52. The van der Waals surface area contributed by atoms with Gasteiger partial charge >= 0.3 is 0 Å². The van der Waals surface area contributed by atoms with Gasteiger partial charge in [0.05, 0.1) is 11.8 Å². The summed E-state index contributed by atoms with van der Waals surface area (Å²) < 4.78 is 24.8. The molecule has 8 heteroatoms. The quantitative estimate of drug-likeness (QED) is 0.839. The summed E-state index contributed by atoms with van der Waals surface area (Å²) in [5.74, 6) is -0.0370. The van der Waals surface area contributed by atoms with Gasteiger partial charge in [-0.25, -0.2) is 18.1 Å². The Balaban J connectivity index is 2.01. The van der Waals surface area contributed by atoms with Crippen molar-refractivity contribution in [1.29, 1.82) is 0 Å². The Morgan fingerprint density at radius 3 is 3.00 bits per heavy atom. The van der Waals surface area contributed by atoms with Gasteiger partial charge in [-0.05, 0) is 30.9 Å². The molecule has 1 saturated heterocycles. The highest BCUT2D eigenvalue weighted by atomic mass is 35.5. The average Bonchev–Trinajstić information content (AvgIpc) is 2.44. The number of sulfonamides is 1. The smallest absolute Gasteiger partial charge is 0.256 e.